The number of nitrogens with two attached hydrogens (primary N) is 2. The van der Waals surface area contributed by atoms with E-state index in [2.05, 4.69) is 30.9 Å². The molecule has 3 aromatic rings. The van der Waals surface area contributed by atoms with Gasteiger partial charge in [-0.25, -0.2) is 14.4 Å². The Labute approximate surface area is 287 Å². The van der Waals surface area contributed by atoms with Crippen LogP contribution < -0.4 is 27.4 Å². The standard InChI is InChI=1S/C30H35ClN8O11/c31-16-11-14(3-1-13(16)2-4-15-12-34-25-23(15)24(32)38-30(33)39-25)26(44)37-19(29(49)50)6-9-21(41)35-17(27(45)46)5-8-20(40)36-18(28(47)48)7-10-22(42)43/h1,3,11-12,17-19H,2,4-10H2,(H,35,41)(H,36,40)(H,37,44)(H,42,43)(H,45,46)(H,47,48)(H,49,50)(H5,32,33,34,38,39)/t17-,18-,19-/m0/s1. The molecule has 0 spiro atoms. The van der Waals surface area contributed by atoms with E-state index in [0.29, 0.717) is 29.4 Å². The number of hydrogen-bond acceptors (Lipinski definition) is 11. The maximum atomic E-state index is 12.9. The number of aliphatic carboxylic acids is 4. The first-order valence-corrected chi connectivity index (χ1v) is 15.4. The fourth-order valence-corrected chi connectivity index (χ4v) is 5.14. The van der Waals surface area contributed by atoms with Crippen LogP contribution >= 0.6 is 11.6 Å². The van der Waals surface area contributed by atoms with E-state index >= 15 is 0 Å². The summed E-state index contributed by atoms with van der Waals surface area (Å²) in [4.78, 5) is 94.0. The second-order valence-corrected chi connectivity index (χ2v) is 11.5. The molecular weight excluding hydrogens is 684 g/mol. The largest absolute Gasteiger partial charge is 0.481 e. The molecule has 0 aliphatic heterocycles. The highest BCUT2D eigenvalue weighted by atomic mass is 35.5. The number of H-pyrrole nitrogens is 1. The number of carbonyl (C=O) groups is 7. The molecule has 3 amide bonds. The summed E-state index contributed by atoms with van der Waals surface area (Å²) in [6.45, 7) is 0. The van der Waals surface area contributed by atoms with Crippen molar-refractivity contribution in [1.29, 1.82) is 0 Å². The minimum atomic E-state index is -1.59. The van der Waals surface area contributed by atoms with Gasteiger partial charge in [0.15, 0.2) is 0 Å². The van der Waals surface area contributed by atoms with Gasteiger partial charge in [0.2, 0.25) is 17.8 Å². The lowest BCUT2D eigenvalue weighted by Crippen LogP contribution is -2.45. The van der Waals surface area contributed by atoms with Crippen molar-refractivity contribution in [2.75, 3.05) is 11.5 Å². The van der Waals surface area contributed by atoms with E-state index in [0.717, 1.165) is 5.56 Å². The van der Waals surface area contributed by atoms with Gasteiger partial charge in [0.1, 0.15) is 29.6 Å². The minimum absolute atomic E-state index is 0.0306. The Balaban J connectivity index is 1.52. The number of fused-ring (bicyclic) bond motifs is 1. The van der Waals surface area contributed by atoms with Gasteiger partial charge in [-0.05, 0) is 55.4 Å². The van der Waals surface area contributed by atoms with Crippen molar-refractivity contribution >= 4 is 76.0 Å². The van der Waals surface area contributed by atoms with E-state index in [1.807, 2.05) is 0 Å². The molecule has 0 bridgehead atoms. The predicted octanol–water partition coefficient (Wildman–Crippen LogP) is 0.308. The van der Waals surface area contributed by atoms with Crippen LogP contribution in [0, 0.1) is 0 Å². The van der Waals surface area contributed by atoms with E-state index in [1.54, 1.807) is 12.3 Å². The third-order valence-corrected chi connectivity index (χ3v) is 7.83. The van der Waals surface area contributed by atoms with E-state index in [9.17, 15) is 43.8 Å². The summed E-state index contributed by atoms with van der Waals surface area (Å²) in [6, 6.07) is -0.214. The maximum Gasteiger partial charge on any atom is 0.326 e. The van der Waals surface area contributed by atoms with Crippen molar-refractivity contribution in [1.82, 2.24) is 30.9 Å². The normalized spacial score (nSPS) is 12.7. The van der Waals surface area contributed by atoms with Crippen LogP contribution in [0.25, 0.3) is 11.0 Å². The van der Waals surface area contributed by atoms with Crippen molar-refractivity contribution in [2.45, 2.75) is 69.5 Å². The summed E-state index contributed by atoms with van der Waals surface area (Å²) < 4.78 is 0. The number of aromatic amines is 1. The van der Waals surface area contributed by atoms with Gasteiger partial charge >= 0.3 is 23.9 Å². The van der Waals surface area contributed by atoms with E-state index in [-0.39, 0.29) is 22.4 Å². The molecule has 2 heterocycles. The number of hydrogen-bond donors (Lipinski definition) is 10. The number of benzene rings is 1. The number of aryl methyl sites for hydroxylation is 2. The van der Waals surface area contributed by atoms with Gasteiger partial charge in [0.05, 0.1) is 5.39 Å². The number of nitrogens with zero attached hydrogens (tertiary/aromatic N) is 2. The zero-order valence-electron chi connectivity index (χ0n) is 26.3. The molecule has 1 aromatic carbocycles. The van der Waals surface area contributed by atoms with Crippen LogP contribution in [-0.2, 0) is 41.6 Å². The highest BCUT2D eigenvalue weighted by Gasteiger charge is 2.26. The third kappa shape index (κ3) is 11.0. The monoisotopic (exact) mass is 718 g/mol. The fraction of sp³-hybridized carbons (Fsp3) is 0.367. The van der Waals surface area contributed by atoms with Crippen LogP contribution in [0.2, 0.25) is 5.02 Å². The first kappa shape index (κ1) is 38.5. The molecule has 19 nitrogen and oxygen atoms in total. The zero-order valence-corrected chi connectivity index (χ0v) is 27.0. The van der Waals surface area contributed by atoms with E-state index < -0.39 is 98.2 Å². The molecule has 0 saturated carbocycles. The van der Waals surface area contributed by atoms with E-state index in [4.69, 9.17) is 33.3 Å². The molecule has 3 atom stereocenters. The van der Waals surface area contributed by atoms with Gasteiger partial charge in [-0.3, -0.25) is 19.2 Å². The summed E-state index contributed by atoms with van der Waals surface area (Å²) in [5.74, 6) is -8.03. The van der Waals surface area contributed by atoms with Crippen molar-refractivity contribution < 1.29 is 54.0 Å². The molecular formula is C30H35ClN8O11. The Kier molecular flexibility index (Phi) is 13.4. The van der Waals surface area contributed by atoms with Gasteiger partial charge in [-0.1, -0.05) is 17.7 Å². The Bertz CT molecular complexity index is 1800. The van der Waals surface area contributed by atoms with Crippen molar-refractivity contribution in [2.24, 2.45) is 0 Å². The summed E-state index contributed by atoms with van der Waals surface area (Å²) in [5.41, 5.74) is 13.7. The Morgan fingerprint density at radius 2 is 1.26 bits per heavy atom. The lowest BCUT2D eigenvalue weighted by molar-refractivity contribution is -0.144. The SMILES string of the molecule is Nc1nc(N)c2c(CCc3ccc(C(=O)N[C@@H](CCC(=O)N[C@@H](CCC(=O)N[C@@H](CCC(=O)O)C(=O)O)C(=O)O)C(=O)O)cc3Cl)c[nH]c2n1. The number of carbonyl (C=O) groups excluding carboxylic acids is 3. The Hall–Kier alpha value is -5.98. The van der Waals surface area contributed by atoms with Crippen molar-refractivity contribution in [3.05, 3.63) is 46.1 Å². The molecule has 2 aromatic heterocycles. The van der Waals surface area contributed by atoms with Crippen molar-refractivity contribution in [3.63, 3.8) is 0 Å². The highest BCUT2D eigenvalue weighted by molar-refractivity contribution is 6.31. The van der Waals surface area contributed by atoms with Crippen LogP contribution in [0.4, 0.5) is 11.8 Å². The summed E-state index contributed by atoms with van der Waals surface area (Å²) in [6.07, 6.45) is -0.170. The number of anilines is 2. The number of carboxylic acids is 4. The van der Waals surface area contributed by atoms with Crippen LogP contribution in [0.15, 0.2) is 24.4 Å². The smallest absolute Gasteiger partial charge is 0.326 e. The second-order valence-electron chi connectivity index (χ2n) is 11.1. The lowest BCUT2D eigenvalue weighted by Gasteiger charge is -2.18. The number of carboxylic acid groups (broad SMARTS) is 4. The molecule has 50 heavy (non-hydrogen) atoms. The molecule has 0 unspecified atom stereocenters. The fourth-order valence-electron chi connectivity index (χ4n) is 4.87. The van der Waals surface area contributed by atoms with Gasteiger partial charge in [0, 0.05) is 36.0 Å². The maximum absolute atomic E-state index is 12.9. The first-order chi connectivity index (χ1) is 23.5. The van der Waals surface area contributed by atoms with Gasteiger partial charge in [0.25, 0.3) is 5.91 Å². The van der Waals surface area contributed by atoms with Gasteiger partial charge in [-0.2, -0.15) is 9.97 Å². The summed E-state index contributed by atoms with van der Waals surface area (Å²) in [7, 11) is 0. The lowest BCUT2D eigenvalue weighted by atomic mass is 10.0. The summed E-state index contributed by atoms with van der Waals surface area (Å²) >= 11 is 6.43. The topological polar surface area (TPSA) is 330 Å². The highest BCUT2D eigenvalue weighted by Crippen LogP contribution is 2.26. The number of nitrogen functional groups attached to an aromatic ring is 2. The van der Waals surface area contributed by atoms with Gasteiger partial charge < -0.3 is 52.8 Å². The third-order valence-electron chi connectivity index (χ3n) is 7.47. The van der Waals surface area contributed by atoms with Crippen LogP contribution in [0.5, 0.6) is 0 Å². The first-order valence-electron chi connectivity index (χ1n) is 15.0. The minimum Gasteiger partial charge on any atom is -0.481 e. The molecule has 3 rings (SSSR count). The molecule has 0 saturated heterocycles. The number of nitrogens with one attached hydrogen (secondary N) is 4. The molecule has 0 fully saturated rings. The quantitative estimate of drug-likeness (QED) is 0.0797. The summed E-state index contributed by atoms with van der Waals surface area (Å²) in [5, 5.41) is 44.4. The predicted molar refractivity (Wildman–Crippen MR) is 175 cm³/mol. The molecule has 268 valence electrons. The average Bonchev–Trinajstić information content (AvgIpc) is 3.44. The zero-order chi connectivity index (χ0) is 37.1. The molecule has 0 aliphatic carbocycles. The van der Waals surface area contributed by atoms with Crippen LogP contribution in [0.3, 0.4) is 0 Å². The molecule has 0 radical (unpaired) electrons. The van der Waals surface area contributed by atoms with Crippen molar-refractivity contribution in [3.8, 4) is 0 Å². The number of amides is 3. The Morgan fingerprint density at radius 3 is 1.78 bits per heavy atom. The van der Waals surface area contributed by atoms with Crippen LogP contribution in [0.1, 0.15) is 60.0 Å². The number of halogens is 1. The van der Waals surface area contributed by atoms with E-state index in [1.165, 1.54) is 12.1 Å². The molecule has 12 N–H and O–H groups in total. The number of aromatic nitrogens is 3. The molecule has 20 heteroatoms. The van der Waals surface area contributed by atoms with Gasteiger partial charge in [-0.15, -0.1) is 0 Å². The average molecular weight is 719 g/mol. The molecule has 0 aliphatic rings. The second kappa shape index (κ2) is 17.4. The number of rotatable bonds is 19. The Morgan fingerprint density at radius 1 is 0.740 bits per heavy atom. The van der Waals surface area contributed by atoms with Crippen LogP contribution in [-0.4, -0.2) is 95.1 Å².